The number of H-pyrrole nitrogens is 1. The molecule has 4 aromatic heterocycles. The van der Waals surface area contributed by atoms with E-state index in [4.69, 9.17) is 5.26 Å². The topological polar surface area (TPSA) is 122 Å². The van der Waals surface area contributed by atoms with Gasteiger partial charge in [-0.05, 0) is 44.0 Å². The first-order valence-corrected chi connectivity index (χ1v) is 12.5. The number of rotatable bonds is 3. The summed E-state index contributed by atoms with van der Waals surface area (Å²) in [4.78, 5) is 7.38. The highest BCUT2D eigenvalue weighted by Crippen LogP contribution is 2.34. The Kier molecular flexibility index (Phi) is 5.63. The third-order valence-corrected chi connectivity index (χ3v) is 7.77. The molecule has 1 aliphatic carbocycles. The lowest BCUT2D eigenvalue weighted by molar-refractivity contribution is 0.588. The van der Waals surface area contributed by atoms with Crippen molar-refractivity contribution in [3.8, 4) is 6.07 Å². The number of benzene rings is 1. The number of hydrogen-bond acceptors (Lipinski definition) is 6. The van der Waals surface area contributed by atoms with Crippen LogP contribution < -0.4 is 0 Å². The Morgan fingerprint density at radius 2 is 1.85 bits per heavy atom. The summed E-state index contributed by atoms with van der Waals surface area (Å²) in [5.74, 6) is 1.27. The van der Waals surface area contributed by atoms with Crippen LogP contribution in [0.5, 0.6) is 0 Å². The van der Waals surface area contributed by atoms with Crippen molar-refractivity contribution in [2.75, 3.05) is 0 Å². The Hall–Kier alpha value is -3.97. The Labute approximate surface area is 196 Å². The fourth-order valence-corrected chi connectivity index (χ4v) is 5.61. The van der Waals surface area contributed by atoms with Gasteiger partial charge in [-0.3, -0.25) is 4.40 Å². The van der Waals surface area contributed by atoms with E-state index in [2.05, 4.69) is 20.2 Å². The molecule has 1 saturated carbocycles. The Morgan fingerprint density at radius 1 is 1.09 bits per heavy atom. The maximum atomic E-state index is 13.1. The van der Waals surface area contributed by atoms with Crippen LogP contribution in [0.25, 0.3) is 16.8 Å². The molecule has 5 aromatic rings. The van der Waals surface area contributed by atoms with E-state index in [0.717, 1.165) is 29.7 Å². The van der Waals surface area contributed by atoms with Crippen LogP contribution in [-0.4, -0.2) is 37.0 Å². The molecule has 0 radical (unpaired) electrons. The Balaban J connectivity index is 0.000000297. The van der Waals surface area contributed by atoms with Crippen LogP contribution in [0.2, 0.25) is 0 Å². The molecule has 34 heavy (non-hydrogen) atoms. The quantitative estimate of drug-likeness (QED) is 0.420. The van der Waals surface area contributed by atoms with E-state index in [1.54, 1.807) is 61.2 Å². The van der Waals surface area contributed by atoms with Crippen molar-refractivity contribution >= 4 is 26.8 Å². The van der Waals surface area contributed by atoms with E-state index in [9.17, 15) is 8.42 Å². The molecule has 4 heterocycles. The van der Waals surface area contributed by atoms with Crippen molar-refractivity contribution in [1.82, 2.24) is 28.5 Å². The van der Waals surface area contributed by atoms with Crippen LogP contribution in [0.1, 0.15) is 48.6 Å². The summed E-state index contributed by atoms with van der Waals surface area (Å²) in [6.45, 7) is 1.93. The van der Waals surface area contributed by atoms with Crippen LogP contribution in [0.15, 0.2) is 66.1 Å². The minimum atomic E-state index is -3.72. The van der Waals surface area contributed by atoms with Crippen LogP contribution in [0, 0.1) is 18.3 Å². The van der Waals surface area contributed by atoms with E-state index >= 15 is 0 Å². The van der Waals surface area contributed by atoms with Gasteiger partial charge in [-0.1, -0.05) is 30.5 Å². The van der Waals surface area contributed by atoms with E-state index in [1.807, 2.05) is 17.4 Å². The number of nitrogens with one attached hydrogen (secondary N) is 1. The minimum absolute atomic E-state index is 0.243. The molecular weight excluding hydrogens is 450 g/mol. The smallest absolute Gasteiger partial charge is 0.269 e. The number of hydrogen-bond donors (Lipinski definition) is 1. The van der Waals surface area contributed by atoms with Crippen LogP contribution >= 0.6 is 0 Å². The van der Waals surface area contributed by atoms with Gasteiger partial charge >= 0.3 is 0 Å². The first kappa shape index (κ1) is 21.9. The zero-order valence-corrected chi connectivity index (χ0v) is 19.4. The molecule has 0 unspecified atom stereocenters. The third-order valence-electron chi connectivity index (χ3n) is 6.09. The van der Waals surface area contributed by atoms with E-state index in [0.29, 0.717) is 22.8 Å². The van der Waals surface area contributed by atoms with Crippen LogP contribution in [0.3, 0.4) is 0 Å². The highest BCUT2D eigenvalue weighted by Gasteiger charge is 2.25. The average Bonchev–Trinajstić information content (AvgIpc) is 3.64. The van der Waals surface area contributed by atoms with Gasteiger partial charge in [-0.15, -0.1) is 10.2 Å². The summed E-state index contributed by atoms with van der Waals surface area (Å²) >= 11 is 0. The van der Waals surface area contributed by atoms with E-state index in [-0.39, 0.29) is 4.90 Å². The molecule has 0 aliphatic heterocycles. The molecule has 6 rings (SSSR count). The second kappa shape index (κ2) is 8.76. The molecule has 10 heteroatoms. The Morgan fingerprint density at radius 3 is 2.50 bits per heavy atom. The van der Waals surface area contributed by atoms with Crippen molar-refractivity contribution in [3.63, 3.8) is 0 Å². The fourth-order valence-electron chi connectivity index (χ4n) is 4.31. The second-order valence-corrected chi connectivity index (χ2v) is 10.2. The number of fused-ring (bicyclic) bond motifs is 3. The minimum Gasteiger partial charge on any atom is -0.366 e. The first-order valence-electron chi connectivity index (χ1n) is 11.1. The summed E-state index contributed by atoms with van der Waals surface area (Å²) in [7, 11) is -3.72. The number of aromatic nitrogens is 6. The van der Waals surface area contributed by atoms with Crippen molar-refractivity contribution < 1.29 is 8.42 Å². The SMILES string of the molecule is Cc1ccc(S(=O)(=O)n2ccc3c2ncc2nnc(C4CCCC4)n23)cc1.N#Cc1cc[nH]c1. The number of aryl methyl sites for hydroxylation is 1. The van der Waals surface area contributed by atoms with Gasteiger partial charge in [0, 0.05) is 24.5 Å². The predicted molar refractivity (Wildman–Crippen MR) is 127 cm³/mol. The zero-order valence-electron chi connectivity index (χ0n) is 18.6. The molecule has 0 saturated heterocycles. The molecule has 1 N–H and O–H groups in total. The lowest BCUT2D eigenvalue weighted by Crippen LogP contribution is -2.13. The monoisotopic (exact) mass is 473 g/mol. The van der Waals surface area contributed by atoms with E-state index < -0.39 is 10.0 Å². The standard InChI is InChI=1S/C19H19N5O2S.C5H4N2/c1-13-6-8-15(9-7-13)27(25,26)23-11-10-16-19(23)20-12-17-21-22-18(24(16)17)14-4-2-3-5-14;6-3-5-1-2-7-4-5/h6-12,14H,2-5H2,1H3;1-2,4,7H. The number of nitriles is 1. The number of nitrogens with zero attached hydrogens (tertiary/aromatic N) is 6. The molecule has 172 valence electrons. The molecule has 1 aliphatic rings. The summed E-state index contributed by atoms with van der Waals surface area (Å²) in [6, 6.07) is 12.3. The van der Waals surface area contributed by atoms with Gasteiger partial charge in [-0.25, -0.2) is 17.4 Å². The molecule has 1 fully saturated rings. The summed E-state index contributed by atoms with van der Waals surface area (Å²) in [5.41, 5.74) is 3.45. The number of aromatic amines is 1. The van der Waals surface area contributed by atoms with Crippen molar-refractivity contribution in [3.05, 3.63) is 78.1 Å². The second-order valence-electron chi connectivity index (χ2n) is 8.34. The molecular formula is C24H23N7O2S. The lowest BCUT2D eigenvalue weighted by Gasteiger charge is -2.09. The van der Waals surface area contributed by atoms with Crippen molar-refractivity contribution in [1.29, 1.82) is 5.26 Å². The van der Waals surface area contributed by atoms with Gasteiger partial charge in [-0.2, -0.15) is 5.26 Å². The van der Waals surface area contributed by atoms with Gasteiger partial charge in [0.25, 0.3) is 10.0 Å². The molecule has 9 nitrogen and oxygen atoms in total. The first-order chi connectivity index (χ1) is 16.5. The molecule has 1 aromatic carbocycles. The van der Waals surface area contributed by atoms with Gasteiger partial charge in [0.05, 0.1) is 22.2 Å². The predicted octanol–water partition coefficient (Wildman–Crippen LogP) is 4.17. The van der Waals surface area contributed by atoms with Gasteiger partial charge in [0.2, 0.25) is 0 Å². The maximum Gasteiger partial charge on any atom is 0.269 e. The van der Waals surface area contributed by atoms with Gasteiger partial charge in [0.15, 0.2) is 11.3 Å². The molecule has 0 spiro atoms. The normalized spacial score (nSPS) is 14.2. The third kappa shape index (κ3) is 3.84. The van der Waals surface area contributed by atoms with E-state index in [1.165, 1.54) is 16.8 Å². The van der Waals surface area contributed by atoms with Gasteiger partial charge in [0.1, 0.15) is 11.9 Å². The highest BCUT2D eigenvalue weighted by molar-refractivity contribution is 7.90. The summed E-state index contributed by atoms with van der Waals surface area (Å²) in [5, 5.41) is 16.8. The summed E-state index contributed by atoms with van der Waals surface area (Å²) in [6.07, 6.45) is 11.1. The molecule has 0 atom stereocenters. The van der Waals surface area contributed by atoms with Crippen molar-refractivity contribution in [2.45, 2.75) is 43.4 Å². The average molecular weight is 474 g/mol. The van der Waals surface area contributed by atoms with Crippen molar-refractivity contribution in [2.24, 2.45) is 0 Å². The summed E-state index contributed by atoms with van der Waals surface area (Å²) < 4.78 is 29.4. The van der Waals surface area contributed by atoms with Crippen LogP contribution in [0.4, 0.5) is 0 Å². The highest BCUT2D eigenvalue weighted by atomic mass is 32.2. The lowest BCUT2D eigenvalue weighted by atomic mass is 10.1. The fraction of sp³-hybridized carbons (Fsp3) is 0.250. The van der Waals surface area contributed by atoms with Gasteiger partial charge < -0.3 is 4.98 Å². The van der Waals surface area contributed by atoms with Crippen LogP contribution in [-0.2, 0) is 10.0 Å². The largest absolute Gasteiger partial charge is 0.366 e. The molecule has 0 amide bonds. The molecule has 0 bridgehead atoms. The maximum absolute atomic E-state index is 13.1. The Bertz CT molecular complexity index is 1590. The zero-order chi connectivity index (χ0) is 23.7.